The van der Waals surface area contributed by atoms with Gasteiger partial charge in [0.15, 0.2) is 11.6 Å². The van der Waals surface area contributed by atoms with Crippen molar-refractivity contribution in [2.24, 2.45) is 0 Å². The number of nitrogens with one attached hydrogen (secondary N) is 3. The summed E-state index contributed by atoms with van der Waals surface area (Å²) in [7, 11) is 0. The van der Waals surface area contributed by atoms with Crippen LogP contribution in [0.2, 0.25) is 0 Å². The van der Waals surface area contributed by atoms with Crippen molar-refractivity contribution in [2.75, 3.05) is 10.6 Å². The zero-order valence-electron chi connectivity index (χ0n) is 18.3. The minimum atomic E-state index is -0.916. The molecule has 36 heavy (non-hydrogen) atoms. The lowest BCUT2D eigenvalue weighted by Crippen LogP contribution is -2.15. The van der Waals surface area contributed by atoms with Gasteiger partial charge >= 0.3 is 0 Å². The van der Waals surface area contributed by atoms with Gasteiger partial charge in [0.05, 0.1) is 22.3 Å². The van der Waals surface area contributed by atoms with Gasteiger partial charge in [-0.1, -0.05) is 0 Å². The first-order valence-corrected chi connectivity index (χ1v) is 10.3. The fourth-order valence-corrected chi connectivity index (χ4v) is 3.42. The summed E-state index contributed by atoms with van der Waals surface area (Å²) in [5.41, 5.74) is 1.14. The van der Waals surface area contributed by atoms with Crippen molar-refractivity contribution in [3.8, 4) is 11.5 Å². The Morgan fingerprint density at radius 3 is 2.56 bits per heavy atom. The SMILES string of the molecule is Cl.O=C(Nc1ccc(F)cc1F)c1cnccc1Nc1ccc(Oc2ccnc3[nH]ccc23)c(F)c1. The molecule has 0 saturated heterocycles. The quantitative estimate of drug-likeness (QED) is 0.239. The summed E-state index contributed by atoms with van der Waals surface area (Å²) in [5, 5.41) is 6.04. The Bertz CT molecular complexity index is 1560. The Hall–Kier alpha value is -4.57. The maximum atomic E-state index is 14.8. The average molecular weight is 512 g/mol. The first-order valence-electron chi connectivity index (χ1n) is 10.3. The molecule has 5 aromatic rings. The third-order valence-corrected chi connectivity index (χ3v) is 5.10. The monoisotopic (exact) mass is 511 g/mol. The zero-order valence-corrected chi connectivity index (χ0v) is 19.1. The third kappa shape index (κ3) is 5.08. The van der Waals surface area contributed by atoms with E-state index >= 15 is 0 Å². The van der Waals surface area contributed by atoms with Gasteiger partial charge in [-0.3, -0.25) is 9.78 Å². The molecule has 0 aliphatic heterocycles. The standard InChI is InChI=1S/C25H16F3N5O2.ClH/c26-14-1-3-21(18(27)11-14)33-25(34)17-13-29-8-6-20(17)32-15-2-4-23(19(28)12-15)35-22-7-10-31-24-16(22)5-9-30-24;/h1-13H,(H,29,32)(H,30,31)(H,33,34);1H. The van der Waals surface area contributed by atoms with E-state index in [1.807, 2.05) is 0 Å². The Labute approximate surface area is 208 Å². The van der Waals surface area contributed by atoms with E-state index in [2.05, 4.69) is 25.6 Å². The molecule has 0 unspecified atom stereocenters. The van der Waals surface area contributed by atoms with E-state index in [1.54, 1.807) is 30.6 Å². The Balaban J connectivity index is 0.00000304. The third-order valence-electron chi connectivity index (χ3n) is 5.10. The maximum absolute atomic E-state index is 14.8. The van der Waals surface area contributed by atoms with Crippen molar-refractivity contribution in [3.05, 3.63) is 102 Å². The molecule has 2 aromatic carbocycles. The van der Waals surface area contributed by atoms with Gasteiger partial charge in [0.1, 0.15) is 23.0 Å². The van der Waals surface area contributed by atoms with Gasteiger partial charge in [0.25, 0.3) is 5.91 Å². The number of ether oxygens (including phenoxy) is 1. The van der Waals surface area contributed by atoms with E-state index in [4.69, 9.17) is 4.74 Å². The van der Waals surface area contributed by atoms with Crippen molar-refractivity contribution >= 4 is 46.4 Å². The minimum absolute atomic E-state index is 0. The van der Waals surface area contributed by atoms with Crippen molar-refractivity contribution in [3.63, 3.8) is 0 Å². The molecule has 3 N–H and O–H groups in total. The van der Waals surface area contributed by atoms with Crippen molar-refractivity contribution in [1.82, 2.24) is 15.0 Å². The second-order valence-electron chi connectivity index (χ2n) is 7.42. The lowest BCUT2D eigenvalue weighted by atomic mass is 10.2. The number of carbonyl (C=O) groups excluding carboxylic acids is 1. The maximum Gasteiger partial charge on any atom is 0.259 e. The Morgan fingerprint density at radius 1 is 0.889 bits per heavy atom. The van der Waals surface area contributed by atoms with E-state index < -0.39 is 23.4 Å². The number of benzene rings is 2. The highest BCUT2D eigenvalue weighted by atomic mass is 35.5. The van der Waals surface area contributed by atoms with Crippen LogP contribution in [0.4, 0.5) is 30.2 Å². The second kappa shape index (κ2) is 10.4. The fraction of sp³-hybridized carbons (Fsp3) is 0. The molecular formula is C25H17ClF3N5O2. The van der Waals surface area contributed by atoms with E-state index in [-0.39, 0.29) is 29.4 Å². The molecule has 0 aliphatic rings. The lowest BCUT2D eigenvalue weighted by Gasteiger charge is -2.13. The summed E-state index contributed by atoms with van der Waals surface area (Å²) in [5.74, 6) is -2.55. The molecule has 7 nitrogen and oxygen atoms in total. The van der Waals surface area contributed by atoms with Crippen LogP contribution in [0.3, 0.4) is 0 Å². The number of amides is 1. The van der Waals surface area contributed by atoms with Gasteiger partial charge in [0, 0.05) is 42.6 Å². The van der Waals surface area contributed by atoms with E-state index in [0.29, 0.717) is 34.2 Å². The minimum Gasteiger partial charge on any atom is -0.453 e. The highest BCUT2D eigenvalue weighted by Crippen LogP contribution is 2.32. The molecule has 0 saturated carbocycles. The number of pyridine rings is 2. The fourth-order valence-electron chi connectivity index (χ4n) is 3.42. The summed E-state index contributed by atoms with van der Waals surface area (Å²) in [6.07, 6.45) is 5.98. The molecule has 182 valence electrons. The molecule has 0 bridgehead atoms. The Morgan fingerprint density at radius 2 is 1.75 bits per heavy atom. The van der Waals surface area contributed by atoms with Crippen molar-refractivity contribution in [1.29, 1.82) is 0 Å². The molecule has 11 heteroatoms. The van der Waals surface area contributed by atoms with Crippen LogP contribution < -0.4 is 15.4 Å². The molecule has 3 heterocycles. The molecule has 0 radical (unpaired) electrons. The van der Waals surface area contributed by atoms with Crippen LogP contribution in [-0.4, -0.2) is 20.9 Å². The van der Waals surface area contributed by atoms with Crippen LogP contribution in [0.1, 0.15) is 10.4 Å². The highest BCUT2D eigenvalue weighted by Gasteiger charge is 2.16. The van der Waals surface area contributed by atoms with E-state index in [1.165, 1.54) is 30.6 Å². The van der Waals surface area contributed by atoms with Gasteiger partial charge in [-0.25, -0.2) is 18.2 Å². The van der Waals surface area contributed by atoms with E-state index in [9.17, 15) is 18.0 Å². The molecule has 0 atom stereocenters. The normalized spacial score (nSPS) is 10.5. The predicted molar refractivity (Wildman–Crippen MR) is 132 cm³/mol. The summed E-state index contributed by atoms with van der Waals surface area (Å²) >= 11 is 0. The molecule has 0 fully saturated rings. The molecular weight excluding hydrogens is 495 g/mol. The first-order chi connectivity index (χ1) is 17.0. The molecule has 5 rings (SSSR count). The predicted octanol–water partition coefficient (Wildman–Crippen LogP) is 6.59. The van der Waals surface area contributed by atoms with Crippen LogP contribution in [0.25, 0.3) is 11.0 Å². The van der Waals surface area contributed by atoms with Gasteiger partial charge in [0.2, 0.25) is 0 Å². The average Bonchev–Trinajstić information content (AvgIpc) is 3.33. The number of H-pyrrole nitrogens is 1. The van der Waals surface area contributed by atoms with Gasteiger partial charge in [-0.15, -0.1) is 12.4 Å². The first kappa shape index (κ1) is 24.6. The van der Waals surface area contributed by atoms with Crippen LogP contribution in [0.5, 0.6) is 11.5 Å². The summed E-state index contributed by atoms with van der Waals surface area (Å²) in [6, 6.07) is 12.0. The number of anilines is 3. The van der Waals surface area contributed by atoms with E-state index in [0.717, 1.165) is 12.1 Å². The number of aromatic nitrogens is 3. The van der Waals surface area contributed by atoms with Crippen molar-refractivity contribution in [2.45, 2.75) is 0 Å². The van der Waals surface area contributed by atoms with Gasteiger partial charge in [-0.2, -0.15) is 0 Å². The molecule has 3 aromatic heterocycles. The smallest absolute Gasteiger partial charge is 0.259 e. The van der Waals surface area contributed by atoms with Crippen LogP contribution in [0, 0.1) is 17.5 Å². The highest BCUT2D eigenvalue weighted by molar-refractivity contribution is 6.08. The van der Waals surface area contributed by atoms with Gasteiger partial charge < -0.3 is 20.4 Å². The molecule has 0 aliphatic carbocycles. The summed E-state index contributed by atoms with van der Waals surface area (Å²) < 4.78 is 47.6. The zero-order chi connectivity index (χ0) is 24.4. The number of halogens is 4. The molecule has 0 spiro atoms. The Kier molecular flexibility index (Phi) is 7.07. The number of rotatable bonds is 6. The van der Waals surface area contributed by atoms with Crippen LogP contribution >= 0.6 is 12.4 Å². The number of aromatic amines is 1. The topological polar surface area (TPSA) is 91.9 Å². The number of fused-ring (bicyclic) bond motifs is 1. The molecule has 1 amide bonds. The van der Waals surface area contributed by atoms with Crippen molar-refractivity contribution < 1.29 is 22.7 Å². The summed E-state index contributed by atoms with van der Waals surface area (Å²) in [6.45, 7) is 0. The number of nitrogens with zero attached hydrogens (tertiary/aromatic N) is 2. The largest absolute Gasteiger partial charge is 0.453 e. The van der Waals surface area contributed by atoms with Crippen LogP contribution in [0.15, 0.2) is 79.4 Å². The summed E-state index contributed by atoms with van der Waals surface area (Å²) in [4.78, 5) is 23.8. The number of hydrogen-bond acceptors (Lipinski definition) is 5. The van der Waals surface area contributed by atoms with Gasteiger partial charge in [-0.05, 0) is 42.5 Å². The number of hydrogen-bond donors (Lipinski definition) is 3. The second-order valence-corrected chi connectivity index (χ2v) is 7.42. The lowest BCUT2D eigenvalue weighted by molar-refractivity contribution is 0.102. The van der Waals surface area contributed by atoms with Crippen LogP contribution in [-0.2, 0) is 0 Å². The number of carbonyl (C=O) groups is 1.